The molecule has 1 radical (unpaired) electrons. The van der Waals surface area contributed by atoms with E-state index in [1.54, 1.807) is 0 Å². The van der Waals surface area contributed by atoms with E-state index in [0.29, 0.717) is 6.42 Å². The van der Waals surface area contributed by atoms with E-state index in [2.05, 4.69) is 13.8 Å². The summed E-state index contributed by atoms with van der Waals surface area (Å²) >= 11 is 0. The Morgan fingerprint density at radius 2 is 1.88 bits per heavy atom. The van der Waals surface area contributed by atoms with Crippen LogP contribution in [0, 0.1) is 6.92 Å². The molecule has 0 fully saturated rings. The lowest BCUT2D eigenvalue weighted by Gasteiger charge is -2.10. The molecule has 16 heavy (non-hydrogen) atoms. The number of carbonyl (C=O) groups excluding carboxylic acids is 1. The van der Waals surface area contributed by atoms with Gasteiger partial charge in [-0.2, -0.15) is 0 Å². The van der Waals surface area contributed by atoms with Gasteiger partial charge in [0.2, 0.25) is 0 Å². The van der Waals surface area contributed by atoms with Crippen molar-refractivity contribution in [2.45, 2.75) is 44.9 Å². The molecule has 0 amide bonds. The molecular weight excluding hydrogens is 196 g/mol. The van der Waals surface area contributed by atoms with E-state index in [4.69, 9.17) is 0 Å². The molecular formula is C15H21O. The SMILES string of the molecule is [CH2]C(C(=O)CCCCCC)c1ccccc1. The lowest BCUT2D eigenvalue weighted by atomic mass is 9.93. The zero-order valence-corrected chi connectivity index (χ0v) is 10.1. The molecule has 0 aliphatic rings. The molecule has 0 saturated carbocycles. The van der Waals surface area contributed by atoms with Crippen molar-refractivity contribution in [3.05, 3.63) is 42.8 Å². The van der Waals surface area contributed by atoms with Crippen molar-refractivity contribution < 1.29 is 4.79 Å². The molecule has 0 bridgehead atoms. The monoisotopic (exact) mass is 217 g/mol. The van der Waals surface area contributed by atoms with E-state index in [1.165, 1.54) is 12.8 Å². The zero-order chi connectivity index (χ0) is 11.8. The van der Waals surface area contributed by atoms with Gasteiger partial charge in [-0.1, -0.05) is 56.5 Å². The first kappa shape index (κ1) is 13.0. The van der Waals surface area contributed by atoms with Gasteiger partial charge in [0, 0.05) is 12.3 Å². The summed E-state index contributed by atoms with van der Waals surface area (Å²) < 4.78 is 0. The van der Waals surface area contributed by atoms with Crippen LogP contribution in [0.5, 0.6) is 0 Å². The fraction of sp³-hybridized carbons (Fsp3) is 0.467. The van der Waals surface area contributed by atoms with E-state index < -0.39 is 0 Å². The number of rotatable bonds is 7. The summed E-state index contributed by atoms with van der Waals surface area (Å²) in [5.41, 5.74) is 1.03. The predicted molar refractivity (Wildman–Crippen MR) is 68.3 cm³/mol. The maximum absolute atomic E-state index is 11.8. The highest BCUT2D eigenvalue weighted by Gasteiger charge is 2.13. The van der Waals surface area contributed by atoms with Crippen molar-refractivity contribution in [3.63, 3.8) is 0 Å². The summed E-state index contributed by atoms with van der Waals surface area (Å²) in [5.74, 6) is 0.0742. The molecule has 87 valence electrons. The van der Waals surface area contributed by atoms with E-state index in [0.717, 1.165) is 18.4 Å². The zero-order valence-electron chi connectivity index (χ0n) is 10.1. The summed E-state index contributed by atoms with van der Waals surface area (Å²) in [7, 11) is 0. The Morgan fingerprint density at radius 3 is 2.50 bits per heavy atom. The number of hydrogen-bond acceptors (Lipinski definition) is 1. The third-order valence-electron chi connectivity index (χ3n) is 2.87. The highest BCUT2D eigenvalue weighted by molar-refractivity contribution is 5.86. The molecule has 1 unspecified atom stereocenters. The molecule has 1 rings (SSSR count). The summed E-state index contributed by atoms with van der Waals surface area (Å²) in [6, 6.07) is 9.82. The number of hydrogen-bond donors (Lipinski definition) is 0. The van der Waals surface area contributed by atoms with E-state index in [9.17, 15) is 4.79 Å². The molecule has 0 spiro atoms. The quantitative estimate of drug-likeness (QED) is 0.627. The van der Waals surface area contributed by atoms with Gasteiger partial charge >= 0.3 is 0 Å². The van der Waals surface area contributed by atoms with Gasteiger partial charge in [0.1, 0.15) is 5.78 Å². The van der Waals surface area contributed by atoms with Gasteiger partial charge in [0.25, 0.3) is 0 Å². The maximum atomic E-state index is 11.8. The number of unbranched alkanes of at least 4 members (excludes halogenated alkanes) is 3. The third kappa shape index (κ3) is 4.18. The van der Waals surface area contributed by atoms with Crippen LogP contribution in [-0.4, -0.2) is 5.78 Å². The van der Waals surface area contributed by atoms with Crippen molar-refractivity contribution in [2.75, 3.05) is 0 Å². The minimum Gasteiger partial charge on any atom is -0.299 e. The second-order valence-electron chi connectivity index (χ2n) is 4.24. The van der Waals surface area contributed by atoms with Crippen molar-refractivity contribution in [1.29, 1.82) is 0 Å². The minimum absolute atomic E-state index is 0.192. The summed E-state index contributed by atoms with van der Waals surface area (Å²) in [4.78, 5) is 11.8. The van der Waals surface area contributed by atoms with Crippen molar-refractivity contribution in [1.82, 2.24) is 0 Å². The summed E-state index contributed by atoms with van der Waals surface area (Å²) in [6.07, 6.45) is 5.26. The van der Waals surface area contributed by atoms with Crippen molar-refractivity contribution in [3.8, 4) is 0 Å². The van der Waals surface area contributed by atoms with Gasteiger partial charge in [-0.15, -0.1) is 0 Å². The molecule has 0 saturated heterocycles. The molecule has 1 atom stereocenters. The van der Waals surface area contributed by atoms with Crippen LogP contribution in [0.25, 0.3) is 0 Å². The van der Waals surface area contributed by atoms with E-state index in [1.807, 2.05) is 30.3 Å². The van der Waals surface area contributed by atoms with Crippen LogP contribution in [0.4, 0.5) is 0 Å². The topological polar surface area (TPSA) is 17.1 Å². The molecule has 1 aromatic rings. The Kier molecular flexibility index (Phi) is 5.84. The Labute approximate surface area is 98.9 Å². The second-order valence-corrected chi connectivity index (χ2v) is 4.24. The minimum atomic E-state index is -0.192. The van der Waals surface area contributed by atoms with Crippen LogP contribution in [0.3, 0.4) is 0 Å². The number of carbonyl (C=O) groups is 1. The van der Waals surface area contributed by atoms with Gasteiger partial charge in [-0.25, -0.2) is 0 Å². The first-order valence-corrected chi connectivity index (χ1v) is 6.16. The molecule has 1 heteroatoms. The largest absolute Gasteiger partial charge is 0.299 e. The lowest BCUT2D eigenvalue weighted by molar-refractivity contribution is -0.119. The van der Waals surface area contributed by atoms with Gasteiger partial charge in [0.05, 0.1) is 0 Å². The number of ketones is 1. The molecule has 0 heterocycles. The van der Waals surface area contributed by atoms with Crippen LogP contribution in [-0.2, 0) is 4.79 Å². The number of Topliss-reactive ketones (excluding diaryl/α,β-unsaturated/α-hetero) is 1. The van der Waals surface area contributed by atoms with E-state index in [-0.39, 0.29) is 11.7 Å². The van der Waals surface area contributed by atoms with Crippen LogP contribution < -0.4 is 0 Å². The lowest BCUT2D eigenvalue weighted by Crippen LogP contribution is -2.09. The molecule has 1 aromatic carbocycles. The normalized spacial score (nSPS) is 12.4. The molecule has 0 aliphatic heterocycles. The Balaban J connectivity index is 2.37. The highest BCUT2D eigenvalue weighted by Crippen LogP contribution is 2.18. The summed E-state index contributed by atoms with van der Waals surface area (Å²) in [6.45, 7) is 6.13. The van der Waals surface area contributed by atoms with Gasteiger partial charge in [0.15, 0.2) is 0 Å². The van der Waals surface area contributed by atoms with Gasteiger partial charge < -0.3 is 0 Å². The van der Waals surface area contributed by atoms with Crippen LogP contribution in [0.2, 0.25) is 0 Å². The van der Waals surface area contributed by atoms with Crippen molar-refractivity contribution in [2.24, 2.45) is 0 Å². The third-order valence-corrected chi connectivity index (χ3v) is 2.87. The Morgan fingerprint density at radius 1 is 1.19 bits per heavy atom. The maximum Gasteiger partial charge on any atom is 0.140 e. The van der Waals surface area contributed by atoms with E-state index >= 15 is 0 Å². The van der Waals surface area contributed by atoms with Crippen LogP contribution in [0.15, 0.2) is 30.3 Å². The highest BCUT2D eigenvalue weighted by atomic mass is 16.1. The fourth-order valence-electron chi connectivity index (χ4n) is 1.77. The van der Waals surface area contributed by atoms with Crippen molar-refractivity contribution >= 4 is 5.78 Å². The Hall–Kier alpha value is -1.11. The Bertz CT molecular complexity index is 302. The molecule has 0 aromatic heterocycles. The van der Waals surface area contributed by atoms with Gasteiger partial charge in [-0.3, -0.25) is 4.79 Å². The predicted octanol–water partition coefficient (Wildman–Crippen LogP) is 4.14. The first-order chi connectivity index (χ1) is 7.75. The second kappa shape index (κ2) is 7.21. The van der Waals surface area contributed by atoms with Crippen LogP contribution in [0.1, 0.15) is 50.5 Å². The summed E-state index contributed by atoms with van der Waals surface area (Å²) in [5, 5.41) is 0. The smallest absolute Gasteiger partial charge is 0.140 e. The average molecular weight is 217 g/mol. The van der Waals surface area contributed by atoms with Gasteiger partial charge in [-0.05, 0) is 18.9 Å². The number of benzene rings is 1. The fourth-order valence-corrected chi connectivity index (χ4v) is 1.77. The van der Waals surface area contributed by atoms with Crippen LogP contribution >= 0.6 is 0 Å². The molecule has 1 nitrogen and oxygen atoms in total. The molecule has 0 N–H and O–H groups in total. The standard InChI is InChI=1S/C15H21O/c1-3-4-5-9-12-15(16)13(2)14-10-7-6-8-11-14/h6-8,10-11,13H,2-5,9,12H2,1H3. The average Bonchev–Trinajstić information content (AvgIpc) is 2.34. The first-order valence-electron chi connectivity index (χ1n) is 6.16. The molecule has 0 aliphatic carbocycles.